The maximum absolute atomic E-state index is 12.6. The molecule has 9 heteroatoms. The molecule has 0 unspecified atom stereocenters. The molecular formula is C6H3BClF5N2. The van der Waals surface area contributed by atoms with Gasteiger partial charge in [-0.05, 0) is 6.07 Å². The van der Waals surface area contributed by atoms with Crippen molar-refractivity contribution < 1.29 is 21.7 Å². The minimum Gasteiger partial charge on any atom is -0.418 e. The molecule has 2 nitrogen and oxygen atoms in total. The predicted molar refractivity (Wildman–Crippen MR) is 46.3 cm³/mol. The predicted octanol–water partition coefficient (Wildman–Crippen LogP) is 4.26. The average Bonchev–Trinajstić information content (AvgIpc) is 2.07. The molecule has 1 aromatic carbocycles. The van der Waals surface area contributed by atoms with Gasteiger partial charge in [0, 0.05) is 6.07 Å². The summed E-state index contributed by atoms with van der Waals surface area (Å²) in [5.41, 5.74) is -0.146. The van der Waals surface area contributed by atoms with Gasteiger partial charge in [0.25, 0.3) is 0 Å². The van der Waals surface area contributed by atoms with Gasteiger partial charge in [0.2, 0.25) is 11.2 Å². The molecule has 0 N–H and O–H groups in total. The molecule has 0 bridgehead atoms. The summed E-state index contributed by atoms with van der Waals surface area (Å²) in [6.45, 7) is 0. The van der Waals surface area contributed by atoms with Gasteiger partial charge in [-0.25, -0.2) is 0 Å². The number of hydrogen-bond acceptors (Lipinski definition) is 1. The number of benzene rings is 1. The summed E-state index contributed by atoms with van der Waals surface area (Å²) in [6.07, 6.45) is 0. The maximum Gasteiger partial charge on any atom is 0.673 e. The van der Waals surface area contributed by atoms with Gasteiger partial charge >= 0.3 is 12.9 Å². The number of hydrogen-bond donors (Lipinski definition) is 0. The molecule has 82 valence electrons. The van der Waals surface area contributed by atoms with E-state index in [1.165, 1.54) is 18.2 Å². The van der Waals surface area contributed by atoms with E-state index in [0.717, 1.165) is 0 Å². The summed E-state index contributed by atoms with van der Waals surface area (Å²) < 4.78 is 51.6. The lowest BCUT2D eigenvalue weighted by molar-refractivity contribution is 0.368. The SMILES string of the molecule is F[B-](F)(F)F.N#[N+]c1cccc(Cl)c1F. The van der Waals surface area contributed by atoms with Crippen LogP contribution in [-0.2, 0) is 0 Å². The van der Waals surface area contributed by atoms with Crippen molar-refractivity contribution in [3.05, 3.63) is 34.0 Å². The van der Waals surface area contributed by atoms with Crippen molar-refractivity contribution in [2.75, 3.05) is 0 Å². The lowest BCUT2D eigenvalue weighted by Gasteiger charge is -1.94. The third-order valence-corrected chi connectivity index (χ3v) is 1.33. The van der Waals surface area contributed by atoms with Crippen LogP contribution in [0.2, 0.25) is 5.02 Å². The van der Waals surface area contributed by atoms with Crippen LogP contribution in [0.3, 0.4) is 0 Å². The molecule has 0 aliphatic rings. The lowest BCUT2D eigenvalue weighted by atomic mass is 10.3. The van der Waals surface area contributed by atoms with Gasteiger partial charge in [0.1, 0.15) is 0 Å². The van der Waals surface area contributed by atoms with Crippen LogP contribution in [0.15, 0.2) is 18.2 Å². The Hall–Kier alpha value is -1.36. The highest BCUT2D eigenvalue weighted by Gasteiger charge is 2.20. The Labute approximate surface area is 86.4 Å². The van der Waals surface area contributed by atoms with E-state index in [1.54, 1.807) is 0 Å². The Morgan fingerprint density at radius 2 is 1.67 bits per heavy atom. The van der Waals surface area contributed by atoms with Gasteiger partial charge in [0.15, 0.2) is 4.98 Å². The third-order valence-electron chi connectivity index (χ3n) is 1.04. The van der Waals surface area contributed by atoms with Crippen molar-refractivity contribution in [2.45, 2.75) is 0 Å². The molecule has 0 radical (unpaired) electrons. The summed E-state index contributed by atoms with van der Waals surface area (Å²) in [7, 11) is -6.00. The Bertz CT molecular complexity index is 369. The minimum absolute atomic E-state index is 0.0460. The highest BCUT2D eigenvalue weighted by Crippen LogP contribution is 2.23. The van der Waals surface area contributed by atoms with Gasteiger partial charge in [-0.3, -0.25) is 0 Å². The lowest BCUT2D eigenvalue weighted by Crippen LogP contribution is -2.02. The fraction of sp³-hybridized carbons (Fsp3) is 0. The second kappa shape index (κ2) is 5.51. The molecule has 0 saturated heterocycles. The first-order chi connectivity index (χ1) is 6.75. The molecule has 0 amide bonds. The van der Waals surface area contributed by atoms with Crippen molar-refractivity contribution in [1.82, 2.24) is 0 Å². The molecule has 0 aliphatic heterocycles. The second-order valence-corrected chi connectivity index (χ2v) is 2.58. The number of diazo groups is 1. The minimum atomic E-state index is -6.00. The van der Waals surface area contributed by atoms with E-state index in [2.05, 4.69) is 4.98 Å². The van der Waals surface area contributed by atoms with Crippen molar-refractivity contribution in [2.24, 2.45) is 0 Å². The van der Waals surface area contributed by atoms with E-state index in [9.17, 15) is 21.7 Å². The van der Waals surface area contributed by atoms with Gasteiger partial charge in [-0.2, -0.15) is 4.39 Å². The smallest absolute Gasteiger partial charge is 0.418 e. The number of rotatable bonds is 0. The Kier molecular flexibility index (Phi) is 5.01. The van der Waals surface area contributed by atoms with Gasteiger partial charge < -0.3 is 17.3 Å². The quantitative estimate of drug-likeness (QED) is 0.380. The summed E-state index contributed by atoms with van der Waals surface area (Å²) in [6, 6.07) is 4.20. The fourth-order valence-corrected chi connectivity index (χ4v) is 0.739. The van der Waals surface area contributed by atoms with Crippen LogP contribution in [0.1, 0.15) is 0 Å². The molecule has 0 heterocycles. The van der Waals surface area contributed by atoms with Crippen molar-refractivity contribution in [3.8, 4) is 0 Å². The third kappa shape index (κ3) is 6.68. The molecule has 0 spiro atoms. The summed E-state index contributed by atoms with van der Waals surface area (Å²) >= 11 is 5.35. The first kappa shape index (κ1) is 13.6. The Morgan fingerprint density at radius 1 is 1.20 bits per heavy atom. The van der Waals surface area contributed by atoms with E-state index in [1.807, 2.05) is 0 Å². The average molecular weight is 244 g/mol. The van der Waals surface area contributed by atoms with Crippen LogP contribution in [-0.4, -0.2) is 7.25 Å². The zero-order valence-corrected chi connectivity index (χ0v) is 7.73. The van der Waals surface area contributed by atoms with Crippen LogP contribution >= 0.6 is 11.6 Å². The van der Waals surface area contributed by atoms with E-state index >= 15 is 0 Å². The maximum atomic E-state index is 12.6. The summed E-state index contributed by atoms with van der Waals surface area (Å²) in [5, 5.41) is 8.12. The first-order valence-electron chi connectivity index (χ1n) is 3.42. The van der Waals surface area contributed by atoms with Gasteiger partial charge in [-0.15, -0.1) is 0 Å². The monoisotopic (exact) mass is 244 g/mol. The van der Waals surface area contributed by atoms with Gasteiger partial charge in [0.05, 0.1) is 5.02 Å². The van der Waals surface area contributed by atoms with Gasteiger partial charge in [-0.1, -0.05) is 17.7 Å². The van der Waals surface area contributed by atoms with Crippen LogP contribution < -0.4 is 0 Å². The van der Waals surface area contributed by atoms with Crippen LogP contribution in [0.25, 0.3) is 4.98 Å². The highest BCUT2D eigenvalue weighted by atomic mass is 35.5. The van der Waals surface area contributed by atoms with Crippen LogP contribution in [0, 0.1) is 11.2 Å². The Morgan fingerprint density at radius 3 is 2.00 bits per heavy atom. The number of nitrogens with zero attached hydrogens (tertiary/aromatic N) is 2. The standard InChI is InChI=1S/C6H3ClFN2.BF4/c7-4-2-1-3-5(10-9)6(4)8;2-1(3,4)5/h1-3H;/q+1;-1. The summed E-state index contributed by atoms with van der Waals surface area (Å²) in [4.78, 5) is 2.67. The molecule has 15 heavy (non-hydrogen) atoms. The van der Waals surface area contributed by atoms with E-state index in [4.69, 9.17) is 17.0 Å². The van der Waals surface area contributed by atoms with Crippen molar-refractivity contribution in [1.29, 1.82) is 5.39 Å². The first-order valence-corrected chi connectivity index (χ1v) is 3.80. The van der Waals surface area contributed by atoms with Crippen molar-refractivity contribution in [3.63, 3.8) is 0 Å². The number of halogens is 6. The molecule has 1 rings (SSSR count). The topological polar surface area (TPSA) is 28.1 Å². The highest BCUT2D eigenvalue weighted by molar-refractivity contribution is 6.50. The molecule has 0 fully saturated rings. The summed E-state index contributed by atoms with van der Waals surface area (Å²) in [5.74, 6) is -0.702. The second-order valence-electron chi connectivity index (χ2n) is 2.17. The van der Waals surface area contributed by atoms with Crippen LogP contribution in [0.5, 0.6) is 0 Å². The normalized spacial score (nSPS) is 9.93. The fourth-order valence-electron chi connectivity index (χ4n) is 0.570. The Balaban J connectivity index is 0.000000336. The zero-order valence-electron chi connectivity index (χ0n) is 6.97. The zero-order chi connectivity index (χ0) is 12.1. The largest absolute Gasteiger partial charge is 0.673 e. The van der Waals surface area contributed by atoms with E-state index in [-0.39, 0.29) is 10.7 Å². The molecule has 1 aromatic rings. The molecule has 0 aliphatic carbocycles. The molecular weight excluding hydrogens is 241 g/mol. The van der Waals surface area contributed by atoms with E-state index < -0.39 is 13.1 Å². The molecule has 0 atom stereocenters. The molecule has 0 saturated carbocycles. The van der Waals surface area contributed by atoms with Crippen LogP contribution in [0.4, 0.5) is 27.3 Å². The van der Waals surface area contributed by atoms with Crippen molar-refractivity contribution >= 4 is 24.5 Å². The molecule has 0 aromatic heterocycles. The van der Waals surface area contributed by atoms with E-state index in [0.29, 0.717) is 0 Å².